The second kappa shape index (κ2) is 6.09. The molecule has 0 aliphatic heterocycles. The van der Waals surface area contributed by atoms with Crippen LogP contribution in [-0.2, 0) is 4.74 Å². The van der Waals surface area contributed by atoms with Crippen molar-refractivity contribution in [1.82, 2.24) is 5.32 Å². The van der Waals surface area contributed by atoms with Gasteiger partial charge in [0.2, 0.25) is 0 Å². The predicted molar refractivity (Wildman–Crippen MR) is 58.3 cm³/mol. The van der Waals surface area contributed by atoms with Crippen molar-refractivity contribution in [3.8, 4) is 5.75 Å². The van der Waals surface area contributed by atoms with Crippen molar-refractivity contribution >= 4 is 5.91 Å². The number of benzene rings is 1. The van der Waals surface area contributed by atoms with Crippen molar-refractivity contribution in [2.24, 2.45) is 0 Å². The standard InChI is InChI=1S/C11H15NO4/c1-16-7-10(14)6-12-11(15)8-3-2-4-9(13)5-8/h2-5,10,13-14H,6-7H2,1H3,(H,12,15). The fraction of sp³-hybridized carbons (Fsp3) is 0.364. The Morgan fingerprint density at radius 2 is 2.31 bits per heavy atom. The molecule has 1 aromatic rings. The molecule has 1 atom stereocenters. The third kappa shape index (κ3) is 3.88. The summed E-state index contributed by atoms with van der Waals surface area (Å²) < 4.78 is 4.72. The maximum atomic E-state index is 11.5. The van der Waals surface area contributed by atoms with Crippen LogP contribution >= 0.6 is 0 Å². The molecule has 1 rings (SSSR count). The minimum Gasteiger partial charge on any atom is -0.508 e. The number of aliphatic hydroxyl groups is 1. The lowest BCUT2D eigenvalue weighted by atomic mass is 10.2. The highest BCUT2D eigenvalue weighted by atomic mass is 16.5. The first-order valence-electron chi connectivity index (χ1n) is 4.87. The summed E-state index contributed by atoms with van der Waals surface area (Å²) in [5.74, 6) is -0.309. The highest BCUT2D eigenvalue weighted by molar-refractivity contribution is 5.94. The molecular weight excluding hydrogens is 210 g/mol. The average molecular weight is 225 g/mol. The van der Waals surface area contributed by atoms with Crippen LogP contribution in [0.25, 0.3) is 0 Å². The van der Waals surface area contributed by atoms with Gasteiger partial charge in [-0.2, -0.15) is 0 Å². The Bertz CT molecular complexity index is 354. The molecule has 0 aliphatic rings. The largest absolute Gasteiger partial charge is 0.508 e. The smallest absolute Gasteiger partial charge is 0.251 e. The number of amides is 1. The minimum absolute atomic E-state index is 0.0325. The lowest BCUT2D eigenvalue weighted by Crippen LogP contribution is -2.34. The van der Waals surface area contributed by atoms with Gasteiger partial charge < -0.3 is 20.3 Å². The molecule has 3 N–H and O–H groups in total. The molecular formula is C11H15NO4. The lowest BCUT2D eigenvalue weighted by molar-refractivity contribution is 0.0609. The Labute approximate surface area is 93.7 Å². The number of rotatable bonds is 5. The zero-order valence-corrected chi connectivity index (χ0v) is 9.01. The van der Waals surface area contributed by atoms with Crippen molar-refractivity contribution < 1.29 is 19.7 Å². The topological polar surface area (TPSA) is 78.8 Å². The molecule has 0 saturated heterocycles. The van der Waals surface area contributed by atoms with Crippen LogP contribution in [0.4, 0.5) is 0 Å². The van der Waals surface area contributed by atoms with Crippen molar-refractivity contribution in [3.05, 3.63) is 29.8 Å². The molecule has 16 heavy (non-hydrogen) atoms. The summed E-state index contributed by atoms with van der Waals surface area (Å²) >= 11 is 0. The number of ether oxygens (including phenoxy) is 1. The maximum absolute atomic E-state index is 11.5. The number of phenols is 1. The van der Waals surface area contributed by atoms with Crippen LogP contribution in [0.3, 0.4) is 0 Å². The molecule has 0 radical (unpaired) electrons. The van der Waals surface area contributed by atoms with Crippen molar-refractivity contribution in [2.75, 3.05) is 20.3 Å². The van der Waals surface area contributed by atoms with E-state index in [-0.39, 0.29) is 24.8 Å². The third-order valence-corrected chi connectivity index (χ3v) is 1.97. The highest BCUT2D eigenvalue weighted by Crippen LogP contribution is 2.10. The third-order valence-electron chi connectivity index (χ3n) is 1.97. The summed E-state index contributed by atoms with van der Waals surface area (Å²) in [4.78, 5) is 11.5. The van der Waals surface area contributed by atoms with Crippen LogP contribution < -0.4 is 5.32 Å². The first kappa shape index (κ1) is 12.5. The van der Waals surface area contributed by atoms with Gasteiger partial charge in [-0.15, -0.1) is 0 Å². The number of carbonyl (C=O) groups excluding carboxylic acids is 1. The maximum Gasteiger partial charge on any atom is 0.251 e. The van der Waals surface area contributed by atoms with E-state index < -0.39 is 6.10 Å². The van der Waals surface area contributed by atoms with Gasteiger partial charge in [0.25, 0.3) is 5.91 Å². The minimum atomic E-state index is -0.730. The lowest BCUT2D eigenvalue weighted by Gasteiger charge is -2.10. The fourth-order valence-electron chi connectivity index (χ4n) is 1.21. The number of methoxy groups -OCH3 is 1. The summed E-state index contributed by atoms with van der Waals surface area (Å²) in [6.45, 7) is 0.280. The van der Waals surface area contributed by atoms with E-state index in [0.29, 0.717) is 5.56 Å². The first-order chi connectivity index (χ1) is 7.63. The van der Waals surface area contributed by atoms with E-state index in [0.717, 1.165) is 0 Å². The van der Waals surface area contributed by atoms with Crippen LogP contribution in [0.5, 0.6) is 5.75 Å². The molecule has 0 aliphatic carbocycles. The molecule has 5 heteroatoms. The van der Waals surface area contributed by atoms with Gasteiger partial charge in [0.15, 0.2) is 0 Å². The second-order valence-corrected chi connectivity index (χ2v) is 3.37. The van der Waals surface area contributed by atoms with Crippen LogP contribution in [-0.4, -0.2) is 42.5 Å². The molecule has 0 fully saturated rings. The normalized spacial score (nSPS) is 12.1. The molecule has 88 valence electrons. The zero-order valence-electron chi connectivity index (χ0n) is 9.01. The van der Waals surface area contributed by atoms with Gasteiger partial charge in [0.05, 0.1) is 12.7 Å². The summed E-state index contributed by atoms with van der Waals surface area (Å²) in [5, 5.41) is 21.0. The molecule has 1 aromatic carbocycles. The Kier molecular flexibility index (Phi) is 4.75. The molecule has 0 spiro atoms. The van der Waals surface area contributed by atoms with E-state index in [1.807, 2.05) is 0 Å². The van der Waals surface area contributed by atoms with Crippen molar-refractivity contribution in [3.63, 3.8) is 0 Å². The van der Waals surface area contributed by atoms with Crippen LogP contribution in [0.15, 0.2) is 24.3 Å². The van der Waals surface area contributed by atoms with Crippen molar-refractivity contribution in [1.29, 1.82) is 0 Å². The van der Waals surface area contributed by atoms with E-state index in [4.69, 9.17) is 4.74 Å². The van der Waals surface area contributed by atoms with Crippen molar-refractivity contribution in [2.45, 2.75) is 6.10 Å². The quantitative estimate of drug-likeness (QED) is 0.665. The molecule has 5 nitrogen and oxygen atoms in total. The van der Waals surface area contributed by atoms with Gasteiger partial charge in [0, 0.05) is 19.2 Å². The molecule has 0 bridgehead atoms. The van der Waals surface area contributed by atoms with E-state index >= 15 is 0 Å². The van der Waals surface area contributed by atoms with Crippen LogP contribution in [0.1, 0.15) is 10.4 Å². The van der Waals surface area contributed by atoms with Gasteiger partial charge in [-0.3, -0.25) is 4.79 Å². The zero-order chi connectivity index (χ0) is 12.0. The number of carbonyl (C=O) groups is 1. The Morgan fingerprint density at radius 1 is 1.56 bits per heavy atom. The molecule has 0 heterocycles. The molecule has 1 amide bonds. The van der Waals surface area contributed by atoms with E-state index in [1.54, 1.807) is 12.1 Å². The first-order valence-corrected chi connectivity index (χ1v) is 4.87. The van der Waals surface area contributed by atoms with Gasteiger partial charge in [-0.25, -0.2) is 0 Å². The van der Waals surface area contributed by atoms with E-state index in [2.05, 4.69) is 5.32 Å². The summed E-state index contributed by atoms with van der Waals surface area (Å²) in [7, 11) is 1.47. The Hall–Kier alpha value is -1.59. The Morgan fingerprint density at radius 3 is 2.94 bits per heavy atom. The summed E-state index contributed by atoms with van der Waals surface area (Å²) in [6, 6.07) is 6.00. The number of nitrogens with one attached hydrogen (secondary N) is 1. The number of hydrogen-bond acceptors (Lipinski definition) is 4. The van der Waals surface area contributed by atoms with Gasteiger partial charge >= 0.3 is 0 Å². The Balaban J connectivity index is 2.47. The second-order valence-electron chi connectivity index (χ2n) is 3.37. The number of hydrogen-bond donors (Lipinski definition) is 3. The fourth-order valence-corrected chi connectivity index (χ4v) is 1.21. The van der Waals surface area contributed by atoms with E-state index in [9.17, 15) is 15.0 Å². The highest BCUT2D eigenvalue weighted by Gasteiger charge is 2.08. The van der Waals surface area contributed by atoms with Gasteiger partial charge in [-0.1, -0.05) is 6.07 Å². The predicted octanol–water partition coefficient (Wildman–Crippen LogP) is 0.129. The number of aliphatic hydroxyl groups excluding tert-OH is 1. The van der Waals surface area contributed by atoms with E-state index in [1.165, 1.54) is 19.2 Å². The van der Waals surface area contributed by atoms with Crippen LogP contribution in [0.2, 0.25) is 0 Å². The summed E-state index contributed by atoms with van der Waals surface area (Å²) in [5.41, 5.74) is 0.351. The molecule has 0 aromatic heterocycles. The number of phenolic OH excluding ortho intramolecular Hbond substituents is 1. The van der Waals surface area contributed by atoms with Gasteiger partial charge in [-0.05, 0) is 18.2 Å². The van der Waals surface area contributed by atoms with Gasteiger partial charge in [0.1, 0.15) is 5.75 Å². The molecule has 0 saturated carbocycles. The van der Waals surface area contributed by atoms with Crippen LogP contribution in [0, 0.1) is 0 Å². The SMILES string of the molecule is COCC(O)CNC(=O)c1cccc(O)c1. The monoisotopic (exact) mass is 225 g/mol. The summed E-state index contributed by atoms with van der Waals surface area (Å²) in [6.07, 6.45) is -0.730. The number of aromatic hydroxyl groups is 1. The molecule has 1 unspecified atom stereocenters. The average Bonchev–Trinajstić information content (AvgIpc) is 2.26.